The van der Waals surface area contributed by atoms with Gasteiger partial charge in [0.25, 0.3) is 10.0 Å². The largest absolute Gasteiger partial charge is 0.496 e. The molecule has 0 bridgehead atoms. The second kappa shape index (κ2) is 9.17. The van der Waals surface area contributed by atoms with E-state index in [0.29, 0.717) is 24.6 Å². The van der Waals surface area contributed by atoms with Gasteiger partial charge < -0.3 is 9.64 Å². The van der Waals surface area contributed by atoms with E-state index in [0.717, 1.165) is 16.9 Å². The quantitative estimate of drug-likeness (QED) is 0.540. The molecule has 0 aliphatic carbocycles. The fourth-order valence-electron chi connectivity index (χ4n) is 3.33. The number of anilines is 2. The molecule has 0 atom stereocenters. The van der Waals surface area contributed by atoms with E-state index in [1.165, 1.54) is 10.5 Å². The Kier molecular flexibility index (Phi) is 6.62. The Hall–Kier alpha value is -3.06. The summed E-state index contributed by atoms with van der Waals surface area (Å²) in [6, 6.07) is 18.4. The molecule has 7 heteroatoms. The second-order valence-corrected chi connectivity index (χ2v) is 8.89. The van der Waals surface area contributed by atoms with Crippen LogP contribution in [0.5, 0.6) is 5.75 Å². The predicted molar refractivity (Wildman–Crippen MR) is 121 cm³/mol. The molecule has 3 aromatic rings. The van der Waals surface area contributed by atoms with Gasteiger partial charge in [-0.1, -0.05) is 35.9 Å². The molecular formula is C23H27N3O3S. The molecule has 158 valence electrons. The van der Waals surface area contributed by atoms with Crippen LogP contribution in [0.4, 0.5) is 11.5 Å². The molecule has 6 nitrogen and oxygen atoms in total. The molecule has 0 aliphatic heterocycles. The Morgan fingerprint density at radius 2 is 1.77 bits per heavy atom. The van der Waals surface area contributed by atoms with Crippen molar-refractivity contribution in [2.45, 2.75) is 25.3 Å². The normalized spacial score (nSPS) is 11.2. The number of nitrogens with zero attached hydrogens (tertiary/aromatic N) is 3. The summed E-state index contributed by atoms with van der Waals surface area (Å²) < 4.78 is 33.1. The topological polar surface area (TPSA) is 62.7 Å². The molecule has 0 radical (unpaired) electrons. The number of para-hydroxylation sites is 1. The number of aryl methyl sites for hydroxylation is 1. The lowest BCUT2D eigenvalue weighted by atomic mass is 10.1. The first kappa shape index (κ1) is 21.6. The Balaban J connectivity index is 1.83. The van der Waals surface area contributed by atoms with Gasteiger partial charge in [0.15, 0.2) is 0 Å². The number of ether oxygens (including phenoxy) is 1. The van der Waals surface area contributed by atoms with Crippen molar-refractivity contribution in [3.63, 3.8) is 0 Å². The molecule has 0 spiro atoms. The number of methoxy groups -OCH3 is 1. The van der Waals surface area contributed by atoms with Gasteiger partial charge in [-0.2, -0.15) is 0 Å². The lowest BCUT2D eigenvalue weighted by Gasteiger charge is -2.23. The number of hydrogen-bond acceptors (Lipinski definition) is 5. The molecule has 2 aromatic carbocycles. The van der Waals surface area contributed by atoms with Crippen LogP contribution in [0.3, 0.4) is 0 Å². The van der Waals surface area contributed by atoms with Gasteiger partial charge in [-0.15, -0.1) is 0 Å². The van der Waals surface area contributed by atoms with Crippen LogP contribution in [0.25, 0.3) is 0 Å². The molecule has 0 N–H and O–H groups in total. The SMILES string of the molecule is CCN(c1ccccc1)S(=O)(=O)c1ccc(N(C)Cc2cc(C)ccc2OC)nc1. The molecule has 0 fully saturated rings. The predicted octanol–water partition coefficient (Wildman–Crippen LogP) is 4.25. The molecule has 0 saturated carbocycles. The lowest BCUT2D eigenvalue weighted by Crippen LogP contribution is -2.30. The fraction of sp³-hybridized carbons (Fsp3) is 0.261. The van der Waals surface area contributed by atoms with Crippen molar-refractivity contribution in [3.8, 4) is 5.75 Å². The summed E-state index contributed by atoms with van der Waals surface area (Å²) >= 11 is 0. The van der Waals surface area contributed by atoms with E-state index in [1.54, 1.807) is 31.4 Å². The van der Waals surface area contributed by atoms with E-state index in [1.807, 2.05) is 56.1 Å². The number of benzene rings is 2. The first-order chi connectivity index (χ1) is 14.4. The van der Waals surface area contributed by atoms with Gasteiger partial charge >= 0.3 is 0 Å². The van der Waals surface area contributed by atoms with Crippen molar-refractivity contribution in [3.05, 3.63) is 78.0 Å². The van der Waals surface area contributed by atoms with Crippen LogP contribution >= 0.6 is 0 Å². The van der Waals surface area contributed by atoms with E-state index < -0.39 is 10.0 Å². The number of pyridine rings is 1. The van der Waals surface area contributed by atoms with Crippen LogP contribution in [-0.2, 0) is 16.6 Å². The fourth-order valence-corrected chi connectivity index (χ4v) is 4.75. The zero-order valence-corrected chi connectivity index (χ0v) is 18.6. The van der Waals surface area contributed by atoms with Crippen LogP contribution < -0.4 is 13.9 Å². The molecular weight excluding hydrogens is 398 g/mol. The zero-order valence-electron chi connectivity index (χ0n) is 17.7. The first-order valence-electron chi connectivity index (χ1n) is 9.75. The van der Waals surface area contributed by atoms with Crippen molar-refractivity contribution in [2.75, 3.05) is 29.9 Å². The van der Waals surface area contributed by atoms with Gasteiger partial charge in [-0.3, -0.25) is 4.31 Å². The number of aromatic nitrogens is 1. The van der Waals surface area contributed by atoms with Crippen LogP contribution in [0, 0.1) is 6.92 Å². The van der Waals surface area contributed by atoms with Crippen molar-refractivity contribution < 1.29 is 13.2 Å². The Labute approximate surface area is 178 Å². The second-order valence-electron chi connectivity index (χ2n) is 7.03. The first-order valence-corrected chi connectivity index (χ1v) is 11.2. The van der Waals surface area contributed by atoms with E-state index in [-0.39, 0.29) is 4.90 Å². The van der Waals surface area contributed by atoms with Crippen LogP contribution in [0.1, 0.15) is 18.1 Å². The highest BCUT2D eigenvalue weighted by atomic mass is 32.2. The average molecular weight is 426 g/mol. The van der Waals surface area contributed by atoms with Crippen LogP contribution in [-0.4, -0.2) is 34.1 Å². The summed E-state index contributed by atoms with van der Waals surface area (Å²) in [6.07, 6.45) is 1.42. The summed E-state index contributed by atoms with van der Waals surface area (Å²) in [4.78, 5) is 6.53. The molecule has 3 rings (SSSR count). The highest BCUT2D eigenvalue weighted by molar-refractivity contribution is 7.92. The minimum atomic E-state index is -3.69. The minimum absolute atomic E-state index is 0.165. The summed E-state index contributed by atoms with van der Waals surface area (Å²) in [6.45, 7) is 4.78. The molecule has 0 unspecified atom stereocenters. The smallest absolute Gasteiger partial charge is 0.265 e. The third-order valence-electron chi connectivity index (χ3n) is 4.87. The van der Waals surface area contributed by atoms with Crippen molar-refractivity contribution in [1.29, 1.82) is 0 Å². The highest BCUT2D eigenvalue weighted by Crippen LogP contribution is 2.25. The Morgan fingerprint density at radius 3 is 2.37 bits per heavy atom. The molecule has 1 aromatic heterocycles. The maximum atomic E-state index is 13.1. The van der Waals surface area contributed by atoms with Crippen molar-refractivity contribution in [2.24, 2.45) is 0 Å². The molecule has 30 heavy (non-hydrogen) atoms. The molecule has 0 amide bonds. The van der Waals surface area contributed by atoms with Crippen LogP contribution in [0.15, 0.2) is 71.8 Å². The van der Waals surface area contributed by atoms with Gasteiger partial charge in [0.2, 0.25) is 0 Å². The molecule has 1 heterocycles. The molecule has 0 saturated heterocycles. The standard InChI is InChI=1S/C23H27N3O3S/c1-5-26(20-9-7-6-8-10-20)30(27,28)21-12-14-23(24-16-21)25(3)17-19-15-18(2)11-13-22(19)29-4/h6-16H,5,17H2,1-4H3. The van der Waals surface area contributed by atoms with E-state index in [9.17, 15) is 8.42 Å². The third kappa shape index (κ3) is 4.57. The van der Waals surface area contributed by atoms with Gasteiger partial charge in [0, 0.05) is 31.9 Å². The van der Waals surface area contributed by atoms with Gasteiger partial charge in [0.1, 0.15) is 16.5 Å². The van der Waals surface area contributed by atoms with Crippen LogP contribution in [0.2, 0.25) is 0 Å². The molecule has 0 aliphatic rings. The zero-order chi connectivity index (χ0) is 21.7. The maximum Gasteiger partial charge on any atom is 0.265 e. The summed E-state index contributed by atoms with van der Waals surface area (Å²) in [5, 5.41) is 0. The lowest BCUT2D eigenvalue weighted by molar-refractivity contribution is 0.409. The summed E-state index contributed by atoms with van der Waals surface area (Å²) in [5.74, 6) is 1.49. The van der Waals surface area contributed by atoms with E-state index in [2.05, 4.69) is 11.1 Å². The monoisotopic (exact) mass is 425 g/mol. The number of rotatable bonds is 8. The highest BCUT2D eigenvalue weighted by Gasteiger charge is 2.24. The van der Waals surface area contributed by atoms with Gasteiger partial charge in [0.05, 0.1) is 12.8 Å². The maximum absolute atomic E-state index is 13.1. The third-order valence-corrected chi connectivity index (χ3v) is 6.76. The van der Waals surface area contributed by atoms with Gasteiger partial charge in [-0.05, 0) is 44.2 Å². The number of sulfonamides is 1. The van der Waals surface area contributed by atoms with E-state index >= 15 is 0 Å². The van der Waals surface area contributed by atoms with Crippen molar-refractivity contribution in [1.82, 2.24) is 4.98 Å². The Morgan fingerprint density at radius 1 is 1.03 bits per heavy atom. The summed E-state index contributed by atoms with van der Waals surface area (Å²) in [7, 11) is -0.121. The minimum Gasteiger partial charge on any atom is -0.496 e. The Bertz CT molecular complexity index is 1080. The average Bonchev–Trinajstić information content (AvgIpc) is 2.75. The summed E-state index contributed by atoms with van der Waals surface area (Å²) in [5.41, 5.74) is 2.82. The van der Waals surface area contributed by atoms with Crippen molar-refractivity contribution >= 4 is 21.5 Å². The number of hydrogen-bond donors (Lipinski definition) is 0. The van der Waals surface area contributed by atoms with E-state index in [4.69, 9.17) is 4.74 Å². The van der Waals surface area contributed by atoms with Gasteiger partial charge in [-0.25, -0.2) is 13.4 Å².